The van der Waals surface area contributed by atoms with Crippen LogP contribution in [0.2, 0.25) is 0 Å². The number of ether oxygens (including phenoxy) is 2. The summed E-state index contributed by atoms with van der Waals surface area (Å²) < 4.78 is 25.1. The molecule has 1 atom stereocenters. The van der Waals surface area contributed by atoms with Gasteiger partial charge in [-0.05, 0) is 88.8 Å². The number of anilines is 1. The van der Waals surface area contributed by atoms with Crippen LogP contribution in [0.15, 0.2) is 66.7 Å². The molecular weight excluding hydrogens is 484 g/mol. The van der Waals surface area contributed by atoms with E-state index in [2.05, 4.69) is 27.9 Å². The molecule has 0 radical (unpaired) electrons. The summed E-state index contributed by atoms with van der Waals surface area (Å²) >= 11 is 2.25. The SMILES string of the molecule is COc1ccc(C(CC(=O)c2ccc(F)cc2)Nc2ccc(I)cc2)cc1OC. The Bertz CT molecular complexity index is 974. The molecule has 1 unspecified atom stereocenters. The second-order valence-electron chi connectivity index (χ2n) is 6.45. The number of Topliss-reactive ketones (excluding diaryl/α,β-unsaturated/α-hetero) is 1. The van der Waals surface area contributed by atoms with Crippen molar-refractivity contribution < 1.29 is 18.7 Å². The Balaban J connectivity index is 1.91. The van der Waals surface area contributed by atoms with Crippen molar-refractivity contribution >= 4 is 34.1 Å². The van der Waals surface area contributed by atoms with Crippen LogP contribution >= 0.6 is 22.6 Å². The lowest BCUT2D eigenvalue weighted by atomic mass is 9.97. The number of carbonyl (C=O) groups excluding carboxylic acids is 1. The van der Waals surface area contributed by atoms with E-state index in [9.17, 15) is 9.18 Å². The standard InChI is InChI=1S/C23H21FINO3/c1-28-22-12-5-16(13-23(22)29-2)20(26-19-10-8-18(25)9-11-19)14-21(27)15-3-6-17(24)7-4-15/h3-13,20,26H,14H2,1-2H3. The number of methoxy groups -OCH3 is 2. The van der Waals surface area contributed by atoms with Crippen molar-refractivity contribution in [2.45, 2.75) is 12.5 Å². The van der Waals surface area contributed by atoms with Crippen molar-refractivity contribution in [1.29, 1.82) is 0 Å². The van der Waals surface area contributed by atoms with Gasteiger partial charge < -0.3 is 14.8 Å². The predicted octanol–water partition coefficient (Wildman–Crippen LogP) is 5.87. The molecule has 3 rings (SSSR count). The van der Waals surface area contributed by atoms with E-state index in [0.717, 1.165) is 14.8 Å². The molecule has 0 spiro atoms. The summed E-state index contributed by atoms with van der Waals surface area (Å²) in [6.07, 6.45) is 0.201. The molecule has 150 valence electrons. The van der Waals surface area contributed by atoms with Crippen LogP contribution in [0.4, 0.5) is 10.1 Å². The van der Waals surface area contributed by atoms with Crippen LogP contribution < -0.4 is 14.8 Å². The van der Waals surface area contributed by atoms with Gasteiger partial charge in [-0.15, -0.1) is 0 Å². The lowest BCUT2D eigenvalue weighted by molar-refractivity contribution is 0.0976. The average molecular weight is 505 g/mol. The second-order valence-corrected chi connectivity index (χ2v) is 7.70. The van der Waals surface area contributed by atoms with Gasteiger partial charge in [0.2, 0.25) is 0 Å². The van der Waals surface area contributed by atoms with Gasteiger partial charge in [-0.3, -0.25) is 4.79 Å². The zero-order chi connectivity index (χ0) is 20.8. The minimum atomic E-state index is -0.366. The largest absolute Gasteiger partial charge is 0.493 e. The van der Waals surface area contributed by atoms with Crippen molar-refractivity contribution in [3.05, 3.63) is 87.2 Å². The summed E-state index contributed by atoms with van der Waals surface area (Å²) in [6.45, 7) is 0. The van der Waals surface area contributed by atoms with Gasteiger partial charge >= 0.3 is 0 Å². The summed E-state index contributed by atoms with van der Waals surface area (Å²) in [4.78, 5) is 12.8. The Morgan fingerprint density at radius 1 is 0.966 bits per heavy atom. The van der Waals surface area contributed by atoms with Crippen LogP contribution in [0.25, 0.3) is 0 Å². The first-order chi connectivity index (χ1) is 14.0. The number of hydrogen-bond donors (Lipinski definition) is 1. The highest BCUT2D eigenvalue weighted by atomic mass is 127. The zero-order valence-electron chi connectivity index (χ0n) is 16.1. The van der Waals surface area contributed by atoms with E-state index in [1.807, 2.05) is 42.5 Å². The number of ketones is 1. The Morgan fingerprint density at radius 3 is 2.24 bits per heavy atom. The number of halogens is 2. The summed E-state index contributed by atoms with van der Waals surface area (Å²) in [5.74, 6) is 0.764. The summed E-state index contributed by atoms with van der Waals surface area (Å²) in [7, 11) is 3.16. The normalized spacial score (nSPS) is 11.6. The molecule has 1 N–H and O–H groups in total. The Morgan fingerprint density at radius 2 is 1.62 bits per heavy atom. The molecule has 6 heteroatoms. The maximum atomic E-state index is 13.2. The Hall–Kier alpha value is -2.61. The quantitative estimate of drug-likeness (QED) is 0.307. The molecule has 0 saturated carbocycles. The van der Waals surface area contributed by atoms with Gasteiger partial charge in [0.15, 0.2) is 17.3 Å². The van der Waals surface area contributed by atoms with Crippen LogP contribution in [-0.2, 0) is 0 Å². The summed E-state index contributed by atoms with van der Waals surface area (Å²) in [5.41, 5.74) is 2.26. The first-order valence-corrected chi connectivity index (χ1v) is 10.1. The van der Waals surface area contributed by atoms with Gasteiger partial charge in [0.1, 0.15) is 5.82 Å². The van der Waals surface area contributed by atoms with E-state index in [0.29, 0.717) is 17.1 Å². The van der Waals surface area contributed by atoms with Crippen molar-refractivity contribution in [3.8, 4) is 11.5 Å². The van der Waals surface area contributed by atoms with Gasteiger partial charge in [-0.1, -0.05) is 6.07 Å². The number of nitrogens with one attached hydrogen (secondary N) is 1. The third kappa shape index (κ3) is 5.47. The lowest BCUT2D eigenvalue weighted by Crippen LogP contribution is -2.16. The first-order valence-electron chi connectivity index (χ1n) is 9.03. The van der Waals surface area contributed by atoms with Crippen molar-refractivity contribution in [2.75, 3.05) is 19.5 Å². The summed E-state index contributed by atoms with van der Waals surface area (Å²) in [5, 5.41) is 3.43. The topological polar surface area (TPSA) is 47.6 Å². The van der Waals surface area contributed by atoms with Crippen LogP contribution in [0.1, 0.15) is 28.4 Å². The molecule has 0 aromatic heterocycles. The molecule has 0 aliphatic heterocycles. The minimum Gasteiger partial charge on any atom is -0.493 e. The molecule has 0 heterocycles. The molecule has 0 amide bonds. The van der Waals surface area contributed by atoms with Crippen LogP contribution in [-0.4, -0.2) is 20.0 Å². The zero-order valence-corrected chi connectivity index (χ0v) is 18.3. The number of carbonyl (C=O) groups is 1. The van der Waals surface area contributed by atoms with Gasteiger partial charge in [-0.25, -0.2) is 4.39 Å². The van der Waals surface area contributed by atoms with Gasteiger partial charge in [0.05, 0.1) is 20.3 Å². The number of hydrogen-bond acceptors (Lipinski definition) is 4. The lowest BCUT2D eigenvalue weighted by Gasteiger charge is -2.21. The number of benzene rings is 3. The monoisotopic (exact) mass is 505 g/mol. The van der Waals surface area contributed by atoms with E-state index < -0.39 is 0 Å². The third-order valence-corrected chi connectivity index (χ3v) is 5.27. The van der Waals surface area contributed by atoms with Gasteiger partial charge in [-0.2, -0.15) is 0 Å². The highest BCUT2D eigenvalue weighted by Crippen LogP contribution is 2.33. The molecule has 0 bridgehead atoms. The highest BCUT2D eigenvalue weighted by Gasteiger charge is 2.19. The molecule has 0 fully saturated rings. The smallest absolute Gasteiger partial charge is 0.165 e. The fraction of sp³-hybridized carbons (Fsp3) is 0.174. The van der Waals surface area contributed by atoms with Crippen LogP contribution in [0.3, 0.4) is 0 Å². The van der Waals surface area contributed by atoms with E-state index in [-0.39, 0.29) is 24.1 Å². The first kappa shape index (κ1) is 21.1. The van der Waals surface area contributed by atoms with E-state index in [1.165, 1.54) is 24.3 Å². The maximum Gasteiger partial charge on any atom is 0.165 e. The summed E-state index contributed by atoms with van der Waals surface area (Å²) in [6, 6.07) is 18.8. The van der Waals surface area contributed by atoms with Crippen molar-refractivity contribution in [2.24, 2.45) is 0 Å². The molecule has 3 aromatic rings. The Kier molecular flexibility index (Phi) is 7.09. The van der Waals surface area contributed by atoms with E-state index >= 15 is 0 Å². The van der Waals surface area contributed by atoms with Gasteiger partial charge in [0, 0.05) is 21.2 Å². The fourth-order valence-corrected chi connectivity index (χ4v) is 3.37. The molecule has 0 aliphatic carbocycles. The van der Waals surface area contributed by atoms with Crippen molar-refractivity contribution in [1.82, 2.24) is 0 Å². The molecule has 0 saturated heterocycles. The Labute approximate surface area is 183 Å². The van der Waals surface area contributed by atoms with Crippen LogP contribution in [0.5, 0.6) is 11.5 Å². The van der Waals surface area contributed by atoms with Crippen LogP contribution in [0, 0.1) is 9.39 Å². The maximum absolute atomic E-state index is 13.2. The fourth-order valence-electron chi connectivity index (χ4n) is 3.01. The van der Waals surface area contributed by atoms with E-state index in [1.54, 1.807) is 14.2 Å². The van der Waals surface area contributed by atoms with Gasteiger partial charge in [0.25, 0.3) is 0 Å². The molecule has 3 aromatic carbocycles. The highest BCUT2D eigenvalue weighted by molar-refractivity contribution is 14.1. The average Bonchev–Trinajstić information content (AvgIpc) is 2.74. The molecular formula is C23H21FINO3. The second kappa shape index (κ2) is 9.73. The molecule has 29 heavy (non-hydrogen) atoms. The van der Waals surface area contributed by atoms with E-state index in [4.69, 9.17) is 9.47 Å². The van der Waals surface area contributed by atoms with Crippen molar-refractivity contribution in [3.63, 3.8) is 0 Å². The third-order valence-electron chi connectivity index (χ3n) is 4.55. The number of rotatable bonds is 8. The molecule has 0 aliphatic rings. The minimum absolute atomic E-state index is 0.0807. The predicted molar refractivity (Wildman–Crippen MR) is 120 cm³/mol. The molecule has 4 nitrogen and oxygen atoms in total.